The fourth-order valence-electron chi connectivity index (χ4n) is 2.41. The van der Waals surface area contributed by atoms with Crippen LogP contribution in [0.3, 0.4) is 0 Å². The van der Waals surface area contributed by atoms with Crippen molar-refractivity contribution in [3.8, 4) is 0 Å². The first-order valence-electron chi connectivity index (χ1n) is 7.89. The fraction of sp³-hybridized carbons (Fsp3) is 0.938. The van der Waals surface area contributed by atoms with E-state index in [2.05, 4.69) is 20.8 Å². The summed E-state index contributed by atoms with van der Waals surface area (Å²) >= 11 is 0. The standard InChI is InChI=1S/C16H30O2/c1-4-6-8-10-15(9-7-5-2)16(17)18-13(3)14-11-12-14/h13-15H,4-12H2,1-3H3. The van der Waals surface area contributed by atoms with E-state index in [1.165, 1.54) is 25.7 Å². The summed E-state index contributed by atoms with van der Waals surface area (Å²) in [6, 6.07) is 0. The average Bonchev–Trinajstić information content (AvgIpc) is 3.17. The van der Waals surface area contributed by atoms with E-state index in [-0.39, 0.29) is 18.0 Å². The Hall–Kier alpha value is -0.530. The van der Waals surface area contributed by atoms with Gasteiger partial charge in [0.05, 0.1) is 5.92 Å². The van der Waals surface area contributed by atoms with Gasteiger partial charge >= 0.3 is 5.97 Å². The molecule has 0 aromatic rings. The van der Waals surface area contributed by atoms with Gasteiger partial charge in [0.2, 0.25) is 0 Å². The van der Waals surface area contributed by atoms with Gasteiger partial charge in [0.1, 0.15) is 6.10 Å². The Bertz CT molecular complexity index is 233. The molecule has 18 heavy (non-hydrogen) atoms. The molecule has 0 spiro atoms. The van der Waals surface area contributed by atoms with E-state index in [0.29, 0.717) is 5.92 Å². The third kappa shape index (κ3) is 5.88. The van der Waals surface area contributed by atoms with Crippen molar-refractivity contribution >= 4 is 5.97 Å². The zero-order valence-electron chi connectivity index (χ0n) is 12.4. The van der Waals surface area contributed by atoms with Crippen LogP contribution in [0.5, 0.6) is 0 Å². The lowest BCUT2D eigenvalue weighted by atomic mass is 9.95. The first-order chi connectivity index (χ1) is 8.69. The second kappa shape index (κ2) is 8.55. The highest BCUT2D eigenvalue weighted by Crippen LogP contribution is 2.34. The molecule has 2 nitrogen and oxygen atoms in total. The SMILES string of the molecule is CCCCCC(CCCC)C(=O)OC(C)C1CC1. The van der Waals surface area contributed by atoms with Crippen molar-refractivity contribution in [3.05, 3.63) is 0 Å². The number of ether oxygens (including phenoxy) is 1. The molecule has 0 aromatic heterocycles. The van der Waals surface area contributed by atoms with Crippen molar-refractivity contribution in [2.45, 2.75) is 84.7 Å². The Morgan fingerprint density at radius 2 is 1.72 bits per heavy atom. The first kappa shape index (κ1) is 15.5. The molecule has 0 N–H and O–H groups in total. The van der Waals surface area contributed by atoms with E-state index in [4.69, 9.17) is 4.74 Å². The topological polar surface area (TPSA) is 26.3 Å². The Balaban J connectivity index is 2.32. The lowest BCUT2D eigenvalue weighted by Crippen LogP contribution is -2.24. The van der Waals surface area contributed by atoms with Crippen LogP contribution in [0.15, 0.2) is 0 Å². The van der Waals surface area contributed by atoms with Crippen LogP contribution < -0.4 is 0 Å². The minimum absolute atomic E-state index is 0.0685. The molecular weight excluding hydrogens is 224 g/mol. The summed E-state index contributed by atoms with van der Waals surface area (Å²) in [6.07, 6.45) is 10.6. The van der Waals surface area contributed by atoms with Crippen molar-refractivity contribution in [2.24, 2.45) is 11.8 Å². The second-order valence-corrected chi connectivity index (χ2v) is 5.81. The van der Waals surface area contributed by atoms with Crippen molar-refractivity contribution in [1.29, 1.82) is 0 Å². The molecule has 0 heterocycles. The van der Waals surface area contributed by atoms with E-state index >= 15 is 0 Å². The fourth-order valence-corrected chi connectivity index (χ4v) is 2.41. The Kier molecular flexibility index (Phi) is 7.38. The smallest absolute Gasteiger partial charge is 0.309 e. The van der Waals surface area contributed by atoms with E-state index in [0.717, 1.165) is 32.1 Å². The van der Waals surface area contributed by atoms with Gasteiger partial charge in [-0.1, -0.05) is 46.0 Å². The highest BCUT2D eigenvalue weighted by Gasteiger charge is 2.32. The van der Waals surface area contributed by atoms with Crippen molar-refractivity contribution in [2.75, 3.05) is 0 Å². The molecule has 0 aliphatic heterocycles. The first-order valence-corrected chi connectivity index (χ1v) is 7.89. The van der Waals surface area contributed by atoms with E-state index in [1.807, 2.05) is 0 Å². The van der Waals surface area contributed by atoms with Gasteiger partial charge < -0.3 is 4.74 Å². The maximum absolute atomic E-state index is 12.2. The maximum Gasteiger partial charge on any atom is 0.309 e. The van der Waals surface area contributed by atoms with Crippen molar-refractivity contribution in [1.82, 2.24) is 0 Å². The molecule has 1 aliphatic rings. The number of unbranched alkanes of at least 4 members (excludes halogenated alkanes) is 3. The molecule has 0 radical (unpaired) electrons. The van der Waals surface area contributed by atoms with Crippen LogP contribution in [-0.4, -0.2) is 12.1 Å². The summed E-state index contributed by atoms with van der Waals surface area (Å²) in [4.78, 5) is 12.2. The lowest BCUT2D eigenvalue weighted by molar-refractivity contribution is -0.154. The second-order valence-electron chi connectivity index (χ2n) is 5.81. The predicted molar refractivity (Wildman–Crippen MR) is 75.4 cm³/mol. The number of hydrogen-bond donors (Lipinski definition) is 0. The normalized spacial score (nSPS) is 18.4. The summed E-state index contributed by atoms with van der Waals surface area (Å²) in [5.74, 6) is 0.869. The van der Waals surface area contributed by atoms with Crippen LogP contribution in [0.1, 0.15) is 78.6 Å². The van der Waals surface area contributed by atoms with Gasteiger partial charge in [-0.3, -0.25) is 4.79 Å². The summed E-state index contributed by atoms with van der Waals surface area (Å²) in [5.41, 5.74) is 0. The number of carbonyl (C=O) groups excluding carboxylic acids is 1. The molecule has 1 saturated carbocycles. The summed E-state index contributed by atoms with van der Waals surface area (Å²) in [6.45, 7) is 6.44. The van der Waals surface area contributed by atoms with Crippen LogP contribution in [0, 0.1) is 11.8 Å². The molecule has 1 aliphatic carbocycles. The number of hydrogen-bond acceptors (Lipinski definition) is 2. The molecule has 0 amide bonds. The third-order valence-corrected chi connectivity index (χ3v) is 3.98. The number of rotatable bonds is 10. The van der Waals surface area contributed by atoms with Crippen LogP contribution in [-0.2, 0) is 9.53 Å². The maximum atomic E-state index is 12.2. The van der Waals surface area contributed by atoms with Crippen LogP contribution >= 0.6 is 0 Å². The van der Waals surface area contributed by atoms with Crippen molar-refractivity contribution in [3.63, 3.8) is 0 Å². The lowest BCUT2D eigenvalue weighted by Gasteiger charge is -2.19. The summed E-state index contributed by atoms with van der Waals surface area (Å²) in [7, 11) is 0. The zero-order chi connectivity index (χ0) is 13.4. The van der Waals surface area contributed by atoms with Gasteiger partial charge in [-0.05, 0) is 38.5 Å². The molecule has 2 atom stereocenters. The van der Waals surface area contributed by atoms with Crippen LogP contribution in [0.4, 0.5) is 0 Å². The van der Waals surface area contributed by atoms with Gasteiger partial charge in [-0.2, -0.15) is 0 Å². The van der Waals surface area contributed by atoms with Gasteiger partial charge in [0.15, 0.2) is 0 Å². The monoisotopic (exact) mass is 254 g/mol. The quantitative estimate of drug-likeness (QED) is 0.417. The molecule has 1 rings (SSSR count). The van der Waals surface area contributed by atoms with E-state index in [9.17, 15) is 4.79 Å². The molecule has 0 bridgehead atoms. The minimum atomic E-state index is 0.0685. The molecule has 2 heteroatoms. The van der Waals surface area contributed by atoms with E-state index < -0.39 is 0 Å². The molecular formula is C16H30O2. The molecule has 106 valence electrons. The van der Waals surface area contributed by atoms with Gasteiger partial charge in [-0.15, -0.1) is 0 Å². The molecule has 1 fully saturated rings. The predicted octanol–water partition coefficient (Wildman–Crippen LogP) is 4.71. The minimum Gasteiger partial charge on any atom is -0.462 e. The summed E-state index contributed by atoms with van der Waals surface area (Å²) < 4.78 is 5.63. The Labute approximate surface area is 112 Å². The number of esters is 1. The van der Waals surface area contributed by atoms with Crippen LogP contribution in [0.2, 0.25) is 0 Å². The third-order valence-electron chi connectivity index (χ3n) is 3.98. The summed E-state index contributed by atoms with van der Waals surface area (Å²) in [5, 5.41) is 0. The Morgan fingerprint density at radius 1 is 1.11 bits per heavy atom. The molecule has 2 unspecified atom stereocenters. The molecule has 0 saturated heterocycles. The van der Waals surface area contributed by atoms with E-state index in [1.54, 1.807) is 0 Å². The van der Waals surface area contributed by atoms with Gasteiger partial charge in [0, 0.05) is 0 Å². The van der Waals surface area contributed by atoms with Gasteiger partial charge in [-0.25, -0.2) is 0 Å². The van der Waals surface area contributed by atoms with Crippen LogP contribution in [0.25, 0.3) is 0 Å². The van der Waals surface area contributed by atoms with Gasteiger partial charge in [0.25, 0.3) is 0 Å². The molecule has 0 aromatic carbocycles. The number of carbonyl (C=O) groups is 1. The highest BCUT2D eigenvalue weighted by molar-refractivity contribution is 5.72. The van der Waals surface area contributed by atoms with Crippen molar-refractivity contribution < 1.29 is 9.53 Å². The Morgan fingerprint density at radius 3 is 2.28 bits per heavy atom. The highest BCUT2D eigenvalue weighted by atomic mass is 16.5. The zero-order valence-corrected chi connectivity index (χ0v) is 12.4. The largest absolute Gasteiger partial charge is 0.462 e. The average molecular weight is 254 g/mol.